The summed E-state index contributed by atoms with van der Waals surface area (Å²) in [5, 5.41) is 5.19. The van der Waals surface area contributed by atoms with E-state index in [1.165, 1.54) is 0 Å². The molecular weight excluding hydrogens is 314 g/mol. The lowest BCUT2D eigenvalue weighted by molar-refractivity contribution is -0.123. The number of benzene rings is 2. The van der Waals surface area contributed by atoms with Gasteiger partial charge in [-0.1, -0.05) is 36.4 Å². The van der Waals surface area contributed by atoms with E-state index in [-0.39, 0.29) is 12.5 Å². The molecule has 128 valence electrons. The highest BCUT2D eigenvalue weighted by atomic mass is 16.5. The molecule has 25 heavy (non-hydrogen) atoms. The average molecular weight is 335 g/mol. The lowest BCUT2D eigenvalue weighted by atomic mass is 10.1. The number of ether oxygens (including phenoxy) is 1. The third-order valence-corrected chi connectivity index (χ3v) is 4.28. The van der Waals surface area contributed by atoms with Crippen molar-refractivity contribution in [1.82, 2.24) is 9.99 Å². The zero-order valence-corrected chi connectivity index (χ0v) is 14.6. The van der Waals surface area contributed by atoms with Gasteiger partial charge < -0.3 is 9.30 Å². The number of carbonyl (C=O) groups is 1. The Bertz CT molecular complexity index is 941. The first kappa shape index (κ1) is 16.8. The number of nitrogens with one attached hydrogen (secondary N) is 1. The topological polar surface area (TPSA) is 55.6 Å². The van der Waals surface area contributed by atoms with Gasteiger partial charge in [0, 0.05) is 29.2 Å². The van der Waals surface area contributed by atoms with Crippen LogP contribution < -0.4 is 10.2 Å². The molecule has 0 atom stereocenters. The summed E-state index contributed by atoms with van der Waals surface area (Å²) >= 11 is 0. The Labute approximate surface area is 146 Å². The number of para-hydroxylation sites is 2. The Morgan fingerprint density at radius 1 is 1.16 bits per heavy atom. The van der Waals surface area contributed by atoms with Crippen LogP contribution in [0.2, 0.25) is 0 Å². The van der Waals surface area contributed by atoms with E-state index in [1.807, 2.05) is 63.4 Å². The Morgan fingerprint density at radius 3 is 2.68 bits per heavy atom. The van der Waals surface area contributed by atoms with Crippen molar-refractivity contribution < 1.29 is 9.53 Å². The van der Waals surface area contributed by atoms with Crippen molar-refractivity contribution in [2.24, 2.45) is 12.1 Å². The van der Waals surface area contributed by atoms with Crippen molar-refractivity contribution in [3.05, 3.63) is 65.4 Å². The van der Waals surface area contributed by atoms with E-state index in [0.29, 0.717) is 5.75 Å². The minimum Gasteiger partial charge on any atom is -0.483 e. The van der Waals surface area contributed by atoms with E-state index in [2.05, 4.69) is 21.2 Å². The fourth-order valence-electron chi connectivity index (χ4n) is 2.78. The van der Waals surface area contributed by atoms with Gasteiger partial charge in [0.15, 0.2) is 6.61 Å². The zero-order valence-electron chi connectivity index (χ0n) is 14.6. The highest BCUT2D eigenvalue weighted by Gasteiger charge is 2.09. The van der Waals surface area contributed by atoms with Crippen LogP contribution in [0.3, 0.4) is 0 Å². The summed E-state index contributed by atoms with van der Waals surface area (Å²) in [4.78, 5) is 11.9. The van der Waals surface area contributed by atoms with Crippen LogP contribution in [0.4, 0.5) is 0 Å². The zero-order chi connectivity index (χ0) is 17.8. The maximum Gasteiger partial charge on any atom is 0.277 e. The summed E-state index contributed by atoms with van der Waals surface area (Å²) in [7, 11) is 2.02. The number of amides is 1. The molecule has 1 aromatic heterocycles. The van der Waals surface area contributed by atoms with Gasteiger partial charge in [0.2, 0.25) is 0 Å². The van der Waals surface area contributed by atoms with Crippen molar-refractivity contribution in [1.29, 1.82) is 0 Å². The molecule has 5 nitrogen and oxygen atoms in total. The molecule has 0 radical (unpaired) electrons. The van der Waals surface area contributed by atoms with E-state index < -0.39 is 0 Å². The fourth-order valence-corrected chi connectivity index (χ4v) is 2.78. The summed E-state index contributed by atoms with van der Waals surface area (Å²) in [6.45, 7) is 3.90. The molecule has 5 heteroatoms. The lowest BCUT2D eigenvalue weighted by Crippen LogP contribution is -2.24. The molecule has 0 saturated carbocycles. The molecule has 0 aliphatic heterocycles. The van der Waals surface area contributed by atoms with Gasteiger partial charge in [0.1, 0.15) is 5.75 Å². The molecule has 0 aliphatic carbocycles. The average Bonchev–Trinajstić information content (AvgIpc) is 2.86. The van der Waals surface area contributed by atoms with Crippen molar-refractivity contribution in [2.75, 3.05) is 6.61 Å². The maximum absolute atomic E-state index is 11.9. The number of fused-ring (bicyclic) bond motifs is 1. The molecule has 1 N–H and O–H groups in total. The second-order valence-corrected chi connectivity index (χ2v) is 5.92. The molecule has 3 rings (SSSR count). The molecule has 0 fully saturated rings. The first-order valence-corrected chi connectivity index (χ1v) is 8.12. The van der Waals surface area contributed by atoms with Gasteiger partial charge in [-0.25, -0.2) is 5.43 Å². The number of aromatic nitrogens is 1. The van der Waals surface area contributed by atoms with Crippen molar-refractivity contribution >= 4 is 23.0 Å². The molecule has 0 saturated heterocycles. The van der Waals surface area contributed by atoms with Crippen LogP contribution in [0.1, 0.15) is 16.8 Å². The SMILES string of the molecule is Cc1ccccc1OCC(=O)N/N=C\c1c(C)n(C)c2ccccc12. The van der Waals surface area contributed by atoms with Crippen LogP contribution in [0.5, 0.6) is 5.75 Å². The van der Waals surface area contributed by atoms with Crippen molar-refractivity contribution in [3.8, 4) is 5.75 Å². The third kappa shape index (κ3) is 3.55. The molecule has 0 aliphatic rings. The Kier molecular flexibility index (Phi) is 4.84. The minimum atomic E-state index is -0.294. The first-order chi connectivity index (χ1) is 12.1. The predicted octanol–water partition coefficient (Wildman–Crippen LogP) is 3.32. The molecule has 0 spiro atoms. The Hall–Kier alpha value is -3.08. The molecule has 0 unspecified atom stereocenters. The van der Waals surface area contributed by atoms with Crippen LogP contribution in [-0.4, -0.2) is 23.3 Å². The maximum atomic E-state index is 11.9. The summed E-state index contributed by atoms with van der Waals surface area (Å²) in [6, 6.07) is 15.7. The number of carbonyl (C=O) groups excluding carboxylic acids is 1. The van der Waals surface area contributed by atoms with E-state index in [0.717, 1.165) is 27.7 Å². The largest absolute Gasteiger partial charge is 0.483 e. The summed E-state index contributed by atoms with van der Waals surface area (Å²) < 4.78 is 7.62. The van der Waals surface area contributed by atoms with Gasteiger partial charge in [-0.2, -0.15) is 5.10 Å². The van der Waals surface area contributed by atoms with Crippen molar-refractivity contribution in [2.45, 2.75) is 13.8 Å². The number of hydrogen-bond acceptors (Lipinski definition) is 3. The fraction of sp³-hybridized carbons (Fsp3) is 0.200. The lowest BCUT2D eigenvalue weighted by Gasteiger charge is -2.07. The van der Waals surface area contributed by atoms with Gasteiger partial charge in [0.05, 0.1) is 6.21 Å². The van der Waals surface area contributed by atoms with Crippen LogP contribution in [0, 0.1) is 13.8 Å². The van der Waals surface area contributed by atoms with E-state index >= 15 is 0 Å². The van der Waals surface area contributed by atoms with Crippen LogP contribution in [-0.2, 0) is 11.8 Å². The number of hydrogen-bond donors (Lipinski definition) is 1. The number of rotatable bonds is 5. The molecule has 0 bridgehead atoms. The smallest absolute Gasteiger partial charge is 0.277 e. The van der Waals surface area contributed by atoms with Crippen LogP contribution >= 0.6 is 0 Å². The van der Waals surface area contributed by atoms with Gasteiger partial charge in [-0.3, -0.25) is 4.79 Å². The molecule has 1 heterocycles. The first-order valence-electron chi connectivity index (χ1n) is 8.12. The predicted molar refractivity (Wildman–Crippen MR) is 100 cm³/mol. The highest BCUT2D eigenvalue weighted by molar-refractivity contribution is 6.01. The normalized spacial score (nSPS) is 11.2. The van der Waals surface area contributed by atoms with Gasteiger partial charge in [-0.15, -0.1) is 0 Å². The van der Waals surface area contributed by atoms with Crippen LogP contribution in [0.25, 0.3) is 10.9 Å². The summed E-state index contributed by atoms with van der Waals surface area (Å²) in [5.41, 5.74) is 6.74. The molecule has 2 aromatic carbocycles. The van der Waals surface area contributed by atoms with E-state index in [4.69, 9.17) is 4.74 Å². The molecule has 3 aromatic rings. The second-order valence-electron chi connectivity index (χ2n) is 5.92. The molecule has 1 amide bonds. The summed E-state index contributed by atoms with van der Waals surface area (Å²) in [5.74, 6) is 0.406. The minimum absolute atomic E-state index is 0.0727. The third-order valence-electron chi connectivity index (χ3n) is 4.28. The van der Waals surface area contributed by atoms with Gasteiger partial charge >= 0.3 is 0 Å². The molecular formula is C20H21N3O2. The number of aryl methyl sites for hydroxylation is 2. The number of nitrogens with zero attached hydrogens (tertiary/aromatic N) is 2. The van der Waals surface area contributed by atoms with Crippen molar-refractivity contribution in [3.63, 3.8) is 0 Å². The van der Waals surface area contributed by atoms with E-state index in [1.54, 1.807) is 6.21 Å². The second kappa shape index (κ2) is 7.21. The van der Waals surface area contributed by atoms with E-state index in [9.17, 15) is 4.79 Å². The number of hydrazone groups is 1. The standard InChI is InChI=1S/C20H21N3O2/c1-14-8-4-7-11-19(14)25-13-20(24)22-21-12-17-15(2)23(3)18-10-6-5-9-16(17)18/h4-12H,13H2,1-3H3,(H,22,24)/b21-12-. The Balaban J connectivity index is 1.65. The monoisotopic (exact) mass is 335 g/mol. The summed E-state index contributed by atoms with van der Waals surface area (Å²) in [6.07, 6.45) is 1.68. The highest BCUT2D eigenvalue weighted by Crippen LogP contribution is 2.23. The quantitative estimate of drug-likeness (QED) is 0.574. The van der Waals surface area contributed by atoms with Gasteiger partial charge in [-0.05, 0) is 31.5 Å². The van der Waals surface area contributed by atoms with Gasteiger partial charge in [0.25, 0.3) is 5.91 Å². The van der Waals surface area contributed by atoms with Crippen LogP contribution in [0.15, 0.2) is 53.6 Å². The Morgan fingerprint density at radius 2 is 1.88 bits per heavy atom.